The van der Waals surface area contributed by atoms with E-state index in [1.165, 1.54) is 53.7 Å². The summed E-state index contributed by atoms with van der Waals surface area (Å²) in [5.41, 5.74) is 3.74. The van der Waals surface area contributed by atoms with Crippen molar-refractivity contribution in [3.8, 4) is 22.6 Å². The lowest BCUT2D eigenvalue weighted by Gasteiger charge is -2.69. The molecule has 35 heteroatoms. The van der Waals surface area contributed by atoms with Crippen LogP contribution in [0.4, 0.5) is 21.4 Å². The first-order valence-corrected chi connectivity index (χ1v) is 38.6. The number of thiazole rings is 1. The number of benzene rings is 3. The Hall–Kier alpha value is -10.1. The van der Waals surface area contributed by atoms with Crippen molar-refractivity contribution >= 4 is 108 Å². The van der Waals surface area contributed by atoms with Crippen molar-refractivity contribution in [3.63, 3.8) is 0 Å². The predicted octanol–water partition coefficient (Wildman–Crippen LogP) is 5.81. The van der Waals surface area contributed by atoms with Gasteiger partial charge in [0.1, 0.15) is 48.0 Å². The van der Waals surface area contributed by atoms with Gasteiger partial charge in [0.2, 0.25) is 18.1 Å². The summed E-state index contributed by atoms with van der Waals surface area (Å²) in [4.78, 5) is 130. The molecule has 2 unspecified atom stereocenters. The van der Waals surface area contributed by atoms with E-state index in [1.807, 2.05) is 46.8 Å². The molecule has 4 aliphatic carbocycles. The number of nitrogens with one attached hydrogen (secondary N) is 3. The summed E-state index contributed by atoms with van der Waals surface area (Å²) in [6.07, 6.45) is -0.0230. The number of aliphatic hydroxyl groups excluding tert-OH is 3. The zero-order chi connectivity index (χ0) is 79.5. The first-order valence-electron chi connectivity index (χ1n) is 36.2. The fraction of sp³-hybridized carbons (Fsp3) is 0.474. The number of aromatic nitrogens is 4. The van der Waals surface area contributed by atoms with Gasteiger partial charge >= 0.3 is 18.0 Å². The number of aliphatic carboxylic acids is 1. The predicted molar refractivity (Wildman–Crippen MR) is 399 cm³/mol. The van der Waals surface area contributed by atoms with Crippen molar-refractivity contribution in [2.24, 2.45) is 22.2 Å². The number of carboxylic acids is 2. The summed E-state index contributed by atoms with van der Waals surface area (Å²) < 4.78 is 71.4. The second-order valence-electron chi connectivity index (χ2n) is 30.0. The molecule has 111 heavy (non-hydrogen) atoms. The fourth-order valence-electron chi connectivity index (χ4n) is 17.5. The van der Waals surface area contributed by atoms with Crippen LogP contribution in [0.2, 0.25) is 0 Å². The highest BCUT2D eigenvalue weighted by atomic mass is 32.2. The van der Waals surface area contributed by atoms with E-state index in [2.05, 4.69) is 34.8 Å². The van der Waals surface area contributed by atoms with E-state index in [9.17, 15) is 81.7 Å². The zero-order valence-corrected chi connectivity index (χ0v) is 63.3. The molecule has 13 rings (SSSR count). The number of hydrogen-bond donors (Lipinski definition) is 9. The van der Waals surface area contributed by atoms with Gasteiger partial charge < -0.3 is 74.4 Å². The largest absolute Gasteiger partial charge is 0.496 e. The summed E-state index contributed by atoms with van der Waals surface area (Å²) in [7, 11) is -1.74. The number of imide groups is 1. The molecule has 3 aromatic heterocycles. The number of amides is 6. The maximum atomic E-state index is 14.0. The van der Waals surface area contributed by atoms with Crippen LogP contribution in [0.5, 0.6) is 11.5 Å². The van der Waals surface area contributed by atoms with Gasteiger partial charge in [-0.1, -0.05) is 49.5 Å². The molecule has 4 bridgehead atoms. The number of carboxylic acid groups (broad SMARTS) is 2. The number of pyridine rings is 1. The van der Waals surface area contributed by atoms with Gasteiger partial charge in [-0.2, -0.15) is 13.5 Å². The summed E-state index contributed by atoms with van der Waals surface area (Å²) >= 11 is 1.38. The summed E-state index contributed by atoms with van der Waals surface area (Å²) in [5, 5.41) is 65.5. The second kappa shape index (κ2) is 33.1. The van der Waals surface area contributed by atoms with Crippen LogP contribution in [-0.2, 0) is 77.3 Å². The average Bonchev–Trinajstić information content (AvgIpc) is 0.931. The van der Waals surface area contributed by atoms with Crippen LogP contribution >= 0.6 is 11.3 Å². The Morgan fingerprint density at radius 3 is 2.26 bits per heavy atom. The molecule has 6 heterocycles. The van der Waals surface area contributed by atoms with Gasteiger partial charge in [0, 0.05) is 112 Å². The van der Waals surface area contributed by atoms with Crippen molar-refractivity contribution in [2.75, 3.05) is 88.1 Å². The van der Waals surface area contributed by atoms with E-state index < -0.39 is 131 Å². The number of para-hydroxylation sites is 1. The third-order valence-corrected chi connectivity index (χ3v) is 23.0. The number of fused-ring (bicyclic) bond motifs is 2. The van der Waals surface area contributed by atoms with Crippen LogP contribution in [0.3, 0.4) is 0 Å². The Balaban J connectivity index is 0.681. The van der Waals surface area contributed by atoms with Crippen molar-refractivity contribution in [2.45, 2.75) is 134 Å². The molecule has 33 nitrogen and oxygen atoms in total. The van der Waals surface area contributed by atoms with E-state index >= 15 is 0 Å². The fourth-order valence-corrected chi connectivity index (χ4v) is 19.1. The molecule has 3 aromatic carbocycles. The van der Waals surface area contributed by atoms with Gasteiger partial charge in [0.25, 0.3) is 27.8 Å². The number of nitrogens with zero attached hydrogens (tertiary/aromatic N) is 7. The highest BCUT2D eigenvalue weighted by molar-refractivity contribution is 7.85. The standard InChI is InChI=1S/C76H88N10O23S2/c1-43-50(48-14-17-57(81-61(48)68(96)97)84-24-22-47-51(34-84)49(13-16-54(47)105-5)67(95)82-71-80-52-10-6-7-11-56(52)110-71)33-78-86(43)42-75-37-73(2)36-74(3,38-75)40-76(39-73,41-75)107-30-27-83(26-29-104-4)72(100)106-28-8-9-44-12-15-55(108-70-64(93)62(91)63(92)65(109-70)69(98)99)53(31-44)79-58(88)20-23-77-66(94)45(35-111(101,102)103)32-46(87)21-25-85-59(89)18-19-60(85)90/h6-19,31,33,45,62-65,70,91-93H,20-30,32,34-42H2,1-5H3,(H,77,94)(H,79,88)(H,96,97)(H,98,99)(H,80,82,95)(H,101,102,103)/b9-8+/t45-,62-,63-,64+,65-,70+,73?,74?,75?,76?/m0/s1. The Bertz CT molecular complexity index is 4740. The molecule has 7 aliphatic rings. The van der Waals surface area contributed by atoms with E-state index in [1.54, 1.807) is 31.5 Å². The number of anilines is 3. The van der Waals surface area contributed by atoms with E-state index in [0.29, 0.717) is 58.5 Å². The molecule has 6 aromatic rings. The van der Waals surface area contributed by atoms with E-state index in [4.69, 9.17) is 38.5 Å². The number of carbonyl (C=O) groups excluding carboxylic acids is 7. The quantitative estimate of drug-likeness (QED) is 0.0173. The zero-order valence-electron chi connectivity index (χ0n) is 61.6. The van der Waals surface area contributed by atoms with Gasteiger partial charge in [0.05, 0.1) is 59.7 Å². The number of ether oxygens (including phenoxy) is 6. The molecule has 0 radical (unpaired) electrons. The SMILES string of the molecule is COCCN(CCOC12CC3(C)CC(C)(CC(Cn4ncc(-c5ccc(N6CCc7c(OC)ccc(C(=O)Nc8nc9ccccc9s8)c7C6)nc5C(=O)O)c4C)(C3)C1)C2)C(=O)OC/C=C/c1ccc(O[C@@H]2O[C@H](C(=O)O)[C@@H](O)[C@H](O)[C@H]2O)c(NC(=O)CCNC(=O)[C@@H](CC(=O)CCN2C(=O)C=CC2=O)CS(=O)(=O)O)c1. The molecule has 5 fully saturated rings. The van der Waals surface area contributed by atoms with Crippen LogP contribution in [0.15, 0.2) is 91.2 Å². The summed E-state index contributed by atoms with van der Waals surface area (Å²) in [6.45, 7) is 7.42. The minimum Gasteiger partial charge on any atom is -0.496 e. The maximum absolute atomic E-state index is 14.0. The number of aromatic carboxylic acids is 1. The summed E-state index contributed by atoms with van der Waals surface area (Å²) in [6, 6.07) is 18.9. The molecule has 8 atom stereocenters. The van der Waals surface area contributed by atoms with E-state index in [0.717, 1.165) is 82.6 Å². The Labute approximate surface area is 641 Å². The van der Waals surface area contributed by atoms with Gasteiger partial charge in [-0.05, 0) is 134 Å². The number of ketones is 1. The van der Waals surface area contributed by atoms with Crippen molar-refractivity contribution in [3.05, 3.63) is 125 Å². The normalized spacial score (nSPS) is 24.2. The number of carbonyl (C=O) groups is 9. The molecular weight excluding hydrogens is 1490 g/mol. The Morgan fingerprint density at radius 1 is 0.829 bits per heavy atom. The molecule has 0 spiro atoms. The van der Waals surface area contributed by atoms with Crippen molar-refractivity contribution < 1.29 is 110 Å². The molecular formula is C76H88N10O23S2. The van der Waals surface area contributed by atoms with E-state index in [-0.39, 0.29) is 85.3 Å². The Morgan fingerprint density at radius 2 is 1.56 bits per heavy atom. The van der Waals surface area contributed by atoms with Gasteiger partial charge in [-0.25, -0.2) is 24.4 Å². The lowest BCUT2D eigenvalue weighted by atomic mass is 9.39. The molecule has 4 saturated carbocycles. The molecule has 3 aliphatic heterocycles. The lowest BCUT2D eigenvalue weighted by molar-refractivity contribution is -0.271. The molecule has 592 valence electrons. The van der Waals surface area contributed by atoms with Crippen LogP contribution in [0.1, 0.15) is 115 Å². The van der Waals surface area contributed by atoms with Gasteiger partial charge in [0.15, 0.2) is 16.9 Å². The molecule has 6 amide bonds. The van der Waals surface area contributed by atoms with Gasteiger partial charge in [-0.3, -0.25) is 48.2 Å². The first-order chi connectivity index (χ1) is 52.7. The monoisotopic (exact) mass is 1570 g/mol. The van der Waals surface area contributed by atoms with Crippen LogP contribution in [-0.4, -0.2) is 230 Å². The highest BCUT2D eigenvalue weighted by Crippen LogP contribution is 2.72. The first kappa shape index (κ1) is 80.4. The topological polar surface area (TPSA) is 454 Å². The van der Waals surface area contributed by atoms with Crippen molar-refractivity contribution in [1.82, 2.24) is 34.9 Å². The molecule has 1 saturated heterocycles. The third kappa shape index (κ3) is 18.4. The molecule has 9 N–H and O–H groups in total. The minimum atomic E-state index is -4.83. The Kier molecular flexibility index (Phi) is 24.0. The number of hydrogen-bond acceptors (Lipinski definition) is 25. The average molecular weight is 1570 g/mol. The second-order valence-corrected chi connectivity index (χ2v) is 32.6. The van der Waals surface area contributed by atoms with Crippen molar-refractivity contribution in [1.29, 1.82) is 0 Å². The van der Waals surface area contributed by atoms with Crippen LogP contribution < -0.4 is 30.3 Å². The van der Waals surface area contributed by atoms with Crippen LogP contribution in [0.25, 0.3) is 27.4 Å². The van der Waals surface area contributed by atoms with Gasteiger partial charge in [-0.15, -0.1) is 0 Å². The number of rotatable bonds is 33. The minimum absolute atomic E-state index is 0.0898. The number of Topliss-reactive ketones (excluding diaryl/α,β-unsaturated/α-hetero) is 1. The highest BCUT2D eigenvalue weighted by Gasteiger charge is 2.66. The summed E-state index contributed by atoms with van der Waals surface area (Å²) in [5.74, 6) is -9.12. The smallest absolute Gasteiger partial charge is 0.410 e. The van der Waals surface area contributed by atoms with Crippen LogP contribution in [0, 0.1) is 29.1 Å². The number of methoxy groups -OCH3 is 2. The number of aliphatic hydroxyl groups is 3. The lowest BCUT2D eigenvalue weighted by Crippen LogP contribution is -2.64. The third-order valence-electron chi connectivity index (χ3n) is 21.2. The maximum Gasteiger partial charge on any atom is 0.410 e.